The van der Waals surface area contributed by atoms with E-state index in [0.29, 0.717) is 5.56 Å². The number of carbonyl (C=O) groups is 1. The number of rotatable bonds is 2. The van der Waals surface area contributed by atoms with Crippen molar-refractivity contribution in [2.45, 2.75) is 19.0 Å². The first kappa shape index (κ1) is 13.4. The van der Waals surface area contributed by atoms with Gasteiger partial charge in [-0.25, -0.2) is 0 Å². The fraction of sp³-hybridized carbons (Fsp3) is 0.300. The fourth-order valence-electron chi connectivity index (χ4n) is 1.06. The second-order valence-corrected chi connectivity index (χ2v) is 3.40. The van der Waals surface area contributed by atoms with Crippen molar-refractivity contribution in [2.24, 2.45) is 0 Å². The lowest BCUT2D eigenvalue weighted by Crippen LogP contribution is -2.47. The van der Waals surface area contributed by atoms with Crippen LogP contribution in [0.3, 0.4) is 0 Å². The number of nitrogens with one attached hydrogen (secondary N) is 1. The molecule has 94 valence electrons. The van der Waals surface area contributed by atoms with E-state index < -0.39 is 18.0 Å². The number of carbonyl (C=O) groups excluding carboxylic acids is 1. The van der Waals surface area contributed by atoms with Crippen molar-refractivity contribution in [3.63, 3.8) is 0 Å². The van der Waals surface area contributed by atoms with Gasteiger partial charge in [0, 0.05) is 5.69 Å². The molecule has 17 heavy (non-hydrogen) atoms. The third kappa shape index (κ3) is 2.92. The van der Waals surface area contributed by atoms with Crippen LogP contribution in [0.1, 0.15) is 5.56 Å². The first-order valence-corrected chi connectivity index (χ1v) is 4.47. The molecule has 0 radical (unpaired) electrons. The molecule has 0 aliphatic carbocycles. The van der Waals surface area contributed by atoms with Gasteiger partial charge in [0.25, 0.3) is 0 Å². The summed E-state index contributed by atoms with van der Waals surface area (Å²) in [6.45, 7) is 1.61. The number of benzene rings is 1. The normalized spacial score (nSPS) is 12.4. The number of halogens is 5. The summed E-state index contributed by atoms with van der Waals surface area (Å²) < 4.78 is 60.7. The van der Waals surface area contributed by atoms with Gasteiger partial charge in [-0.15, -0.1) is 0 Å². The molecule has 1 aromatic rings. The van der Waals surface area contributed by atoms with Gasteiger partial charge >= 0.3 is 18.0 Å². The molecule has 0 aliphatic heterocycles. The summed E-state index contributed by atoms with van der Waals surface area (Å²) in [5.41, 5.74) is 0.511. The third-order valence-electron chi connectivity index (χ3n) is 1.92. The Bertz CT molecular complexity index is 427. The van der Waals surface area contributed by atoms with Crippen molar-refractivity contribution in [1.82, 2.24) is 0 Å². The maximum absolute atomic E-state index is 12.6. The molecule has 1 aromatic carbocycles. The number of aryl methyl sites for hydroxylation is 1. The maximum atomic E-state index is 12.6. The summed E-state index contributed by atoms with van der Waals surface area (Å²) in [4.78, 5) is 10.8. The molecule has 0 bridgehead atoms. The topological polar surface area (TPSA) is 29.1 Å². The van der Waals surface area contributed by atoms with Crippen LogP contribution in [-0.4, -0.2) is 18.0 Å². The Morgan fingerprint density at radius 2 is 1.76 bits per heavy atom. The molecule has 0 unspecified atom stereocenters. The highest BCUT2D eigenvalue weighted by Gasteiger charge is 2.63. The number of hydrogen-bond donors (Lipinski definition) is 1. The zero-order valence-corrected chi connectivity index (χ0v) is 8.61. The van der Waals surface area contributed by atoms with Crippen LogP contribution in [0.2, 0.25) is 0 Å². The SMILES string of the molecule is Cc1cccc(NC(=O)C(F)(F)C(F)(F)F)c1. The first-order valence-electron chi connectivity index (χ1n) is 4.47. The molecule has 0 fully saturated rings. The molecular formula is C10H8F5NO. The van der Waals surface area contributed by atoms with E-state index in [2.05, 4.69) is 0 Å². The standard InChI is InChI=1S/C10H8F5NO/c1-6-3-2-4-7(5-6)16-8(17)9(11,12)10(13,14)15/h2-5H,1H3,(H,16,17). The van der Waals surface area contributed by atoms with Crippen molar-refractivity contribution in [1.29, 1.82) is 0 Å². The molecule has 7 heteroatoms. The molecule has 0 heterocycles. The summed E-state index contributed by atoms with van der Waals surface area (Å²) in [6.07, 6.45) is -5.90. The highest BCUT2D eigenvalue weighted by molar-refractivity contribution is 5.96. The predicted octanol–water partition coefficient (Wildman–Crippen LogP) is 3.13. The van der Waals surface area contributed by atoms with Gasteiger partial charge in [0.05, 0.1) is 0 Å². The lowest BCUT2D eigenvalue weighted by molar-refractivity contribution is -0.267. The van der Waals surface area contributed by atoms with Crippen molar-refractivity contribution in [3.8, 4) is 0 Å². The molecule has 0 saturated carbocycles. The van der Waals surface area contributed by atoms with Gasteiger partial charge in [0.2, 0.25) is 0 Å². The van der Waals surface area contributed by atoms with Crippen LogP contribution < -0.4 is 5.32 Å². The summed E-state index contributed by atoms with van der Waals surface area (Å²) in [5, 5.41) is 1.52. The average molecular weight is 253 g/mol. The molecule has 0 saturated heterocycles. The average Bonchev–Trinajstić information content (AvgIpc) is 2.15. The molecule has 0 aliphatic rings. The van der Waals surface area contributed by atoms with E-state index in [0.717, 1.165) is 0 Å². The molecule has 1 rings (SSSR count). The lowest BCUT2D eigenvalue weighted by atomic mass is 10.2. The van der Waals surface area contributed by atoms with Gasteiger partial charge in [-0.05, 0) is 24.6 Å². The van der Waals surface area contributed by atoms with Gasteiger partial charge in [-0.2, -0.15) is 22.0 Å². The van der Waals surface area contributed by atoms with Crippen LogP contribution in [0.25, 0.3) is 0 Å². The Labute approximate surface area is 93.4 Å². The van der Waals surface area contributed by atoms with E-state index in [4.69, 9.17) is 0 Å². The second-order valence-electron chi connectivity index (χ2n) is 3.40. The largest absolute Gasteiger partial charge is 0.463 e. The summed E-state index contributed by atoms with van der Waals surface area (Å²) in [5.74, 6) is -7.80. The van der Waals surface area contributed by atoms with Crippen molar-refractivity contribution in [2.75, 3.05) is 5.32 Å². The third-order valence-corrected chi connectivity index (χ3v) is 1.92. The highest BCUT2D eigenvalue weighted by atomic mass is 19.4. The number of amides is 1. The van der Waals surface area contributed by atoms with Crippen LogP contribution in [0.15, 0.2) is 24.3 Å². The molecule has 2 nitrogen and oxygen atoms in total. The van der Waals surface area contributed by atoms with Gasteiger partial charge in [-0.3, -0.25) is 4.79 Å². The zero-order valence-electron chi connectivity index (χ0n) is 8.61. The predicted molar refractivity (Wildman–Crippen MR) is 50.8 cm³/mol. The van der Waals surface area contributed by atoms with Crippen LogP contribution in [0.4, 0.5) is 27.6 Å². The number of anilines is 1. The van der Waals surface area contributed by atoms with Crippen LogP contribution in [-0.2, 0) is 4.79 Å². The minimum Gasteiger partial charge on any atom is -0.321 e. The van der Waals surface area contributed by atoms with Crippen molar-refractivity contribution in [3.05, 3.63) is 29.8 Å². The molecule has 1 N–H and O–H groups in total. The Morgan fingerprint density at radius 3 is 2.24 bits per heavy atom. The Kier molecular flexibility index (Phi) is 3.40. The Balaban J connectivity index is 2.87. The Morgan fingerprint density at radius 1 is 1.18 bits per heavy atom. The second kappa shape index (κ2) is 4.31. The smallest absolute Gasteiger partial charge is 0.321 e. The van der Waals surface area contributed by atoms with Crippen LogP contribution in [0.5, 0.6) is 0 Å². The van der Waals surface area contributed by atoms with Crippen molar-refractivity contribution >= 4 is 11.6 Å². The van der Waals surface area contributed by atoms with Crippen LogP contribution in [0, 0.1) is 6.92 Å². The zero-order chi connectivity index (χ0) is 13.3. The number of hydrogen-bond acceptors (Lipinski definition) is 1. The Hall–Kier alpha value is -1.66. The minimum absolute atomic E-state index is 0.112. The monoisotopic (exact) mass is 253 g/mol. The highest BCUT2D eigenvalue weighted by Crippen LogP contribution is 2.36. The van der Waals surface area contributed by atoms with E-state index in [-0.39, 0.29) is 5.69 Å². The molecule has 1 amide bonds. The van der Waals surface area contributed by atoms with Gasteiger partial charge in [0.1, 0.15) is 0 Å². The number of alkyl halides is 5. The summed E-state index contributed by atoms with van der Waals surface area (Å²) in [6, 6.07) is 5.54. The molecule has 0 spiro atoms. The van der Waals surface area contributed by atoms with Gasteiger partial charge in [0.15, 0.2) is 0 Å². The van der Waals surface area contributed by atoms with Crippen LogP contribution >= 0.6 is 0 Å². The summed E-state index contributed by atoms with van der Waals surface area (Å²) >= 11 is 0. The van der Waals surface area contributed by atoms with E-state index in [1.165, 1.54) is 23.5 Å². The van der Waals surface area contributed by atoms with E-state index in [1.54, 1.807) is 13.0 Å². The lowest BCUT2D eigenvalue weighted by Gasteiger charge is -2.18. The van der Waals surface area contributed by atoms with Gasteiger partial charge in [-0.1, -0.05) is 12.1 Å². The first-order chi connectivity index (χ1) is 7.64. The molecule has 0 aromatic heterocycles. The fourth-order valence-corrected chi connectivity index (χ4v) is 1.06. The van der Waals surface area contributed by atoms with E-state index in [1.807, 2.05) is 0 Å². The van der Waals surface area contributed by atoms with Crippen molar-refractivity contribution < 1.29 is 26.7 Å². The molecule has 0 atom stereocenters. The summed E-state index contributed by atoms with van der Waals surface area (Å²) in [7, 11) is 0. The quantitative estimate of drug-likeness (QED) is 0.806. The van der Waals surface area contributed by atoms with E-state index in [9.17, 15) is 26.7 Å². The maximum Gasteiger partial charge on any atom is 0.463 e. The molecular weight excluding hydrogens is 245 g/mol. The van der Waals surface area contributed by atoms with E-state index >= 15 is 0 Å². The minimum atomic E-state index is -5.90. The van der Waals surface area contributed by atoms with Gasteiger partial charge < -0.3 is 5.32 Å².